The summed E-state index contributed by atoms with van der Waals surface area (Å²) >= 11 is 6.02. The predicted molar refractivity (Wildman–Crippen MR) is 69.4 cm³/mol. The molecule has 1 aromatic rings. The second-order valence-corrected chi connectivity index (χ2v) is 5.85. The Bertz CT molecular complexity index is 434. The number of hydrogen-bond donors (Lipinski definition) is 1. The van der Waals surface area contributed by atoms with Gasteiger partial charge >= 0.3 is 0 Å². The Morgan fingerprint density at radius 2 is 2.24 bits per heavy atom. The van der Waals surface area contributed by atoms with Gasteiger partial charge in [-0.3, -0.25) is 4.90 Å². The van der Waals surface area contributed by atoms with Crippen LogP contribution in [0, 0.1) is 5.92 Å². The van der Waals surface area contributed by atoms with Crippen LogP contribution in [0.2, 0.25) is 5.02 Å². The van der Waals surface area contributed by atoms with Crippen LogP contribution in [0.15, 0.2) is 18.2 Å². The third kappa shape index (κ3) is 1.94. The lowest BCUT2D eigenvalue weighted by molar-refractivity contribution is 0.158. The molecule has 92 valence electrons. The van der Waals surface area contributed by atoms with E-state index in [1.165, 1.54) is 25.8 Å². The first-order valence-corrected chi connectivity index (χ1v) is 6.77. The average molecular weight is 252 g/mol. The maximum absolute atomic E-state index is 9.95. The van der Waals surface area contributed by atoms with E-state index in [9.17, 15) is 5.11 Å². The van der Waals surface area contributed by atoms with Crippen LogP contribution in [-0.4, -0.2) is 22.6 Å². The van der Waals surface area contributed by atoms with Crippen LogP contribution in [-0.2, 0) is 0 Å². The van der Waals surface area contributed by atoms with Gasteiger partial charge in [0.15, 0.2) is 0 Å². The number of nitrogens with zero attached hydrogens (tertiary/aromatic N) is 1. The summed E-state index contributed by atoms with van der Waals surface area (Å²) in [6, 6.07) is 6.32. The molecule has 1 heterocycles. The van der Waals surface area contributed by atoms with Crippen molar-refractivity contribution in [1.82, 2.24) is 4.90 Å². The zero-order valence-corrected chi connectivity index (χ0v) is 10.8. The van der Waals surface area contributed by atoms with Gasteiger partial charge in [-0.25, -0.2) is 0 Å². The highest BCUT2D eigenvalue weighted by atomic mass is 35.5. The molecule has 2 aliphatic rings. The summed E-state index contributed by atoms with van der Waals surface area (Å²) < 4.78 is 0. The van der Waals surface area contributed by atoms with Gasteiger partial charge in [0.05, 0.1) is 0 Å². The minimum atomic E-state index is 0.268. The van der Waals surface area contributed by atoms with E-state index in [4.69, 9.17) is 11.6 Å². The molecule has 3 rings (SSSR count). The molecule has 3 unspecified atom stereocenters. The fraction of sp³-hybridized carbons (Fsp3) is 0.571. The van der Waals surface area contributed by atoms with Crippen molar-refractivity contribution < 1.29 is 5.11 Å². The minimum absolute atomic E-state index is 0.268. The second-order valence-electron chi connectivity index (χ2n) is 5.41. The molecule has 1 N–H and O–H groups in total. The van der Waals surface area contributed by atoms with E-state index in [2.05, 4.69) is 11.8 Å². The fourth-order valence-electron chi connectivity index (χ4n) is 3.48. The summed E-state index contributed by atoms with van der Waals surface area (Å²) in [5.41, 5.74) is 0.963. The number of halogens is 1. The van der Waals surface area contributed by atoms with Crippen molar-refractivity contribution in [2.75, 3.05) is 6.54 Å². The van der Waals surface area contributed by atoms with E-state index in [1.54, 1.807) is 12.1 Å². The largest absolute Gasteiger partial charge is 0.508 e. The number of phenolic OH excluding ortho intramolecular Hbond substituents is 1. The lowest BCUT2D eigenvalue weighted by Gasteiger charge is -2.33. The number of rotatable bonds is 2. The van der Waals surface area contributed by atoms with Gasteiger partial charge in [-0.1, -0.05) is 11.6 Å². The first-order chi connectivity index (χ1) is 8.15. The van der Waals surface area contributed by atoms with Crippen LogP contribution < -0.4 is 0 Å². The summed E-state index contributed by atoms with van der Waals surface area (Å²) in [4.78, 5) is 2.53. The van der Waals surface area contributed by atoms with Crippen LogP contribution in [0.3, 0.4) is 0 Å². The molecule has 1 saturated carbocycles. The third-order valence-electron chi connectivity index (χ3n) is 4.39. The molecule has 0 aromatic heterocycles. The summed E-state index contributed by atoms with van der Waals surface area (Å²) in [5, 5.41) is 10.7. The van der Waals surface area contributed by atoms with E-state index >= 15 is 0 Å². The molecule has 1 aromatic carbocycles. The van der Waals surface area contributed by atoms with Crippen LogP contribution in [0.5, 0.6) is 5.75 Å². The van der Waals surface area contributed by atoms with E-state index in [0.29, 0.717) is 16.8 Å². The molecule has 1 aliphatic heterocycles. The van der Waals surface area contributed by atoms with Gasteiger partial charge in [-0.2, -0.15) is 0 Å². The normalized spacial score (nSPS) is 29.8. The molecule has 17 heavy (non-hydrogen) atoms. The monoisotopic (exact) mass is 251 g/mol. The van der Waals surface area contributed by atoms with Gasteiger partial charge in [0.25, 0.3) is 0 Å². The van der Waals surface area contributed by atoms with Crippen LogP contribution >= 0.6 is 11.6 Å². The molecular weight excluding hydrogens is 234 g/mol. The van der Waals surface area contributed by atoms with E-state index < -0.39 is 0 Å². The first-order valence-electron chi connectivity index (χ1n) is 6.39. The van der Waals surface area contributed by atoms with Crippen LogP contribution in [0.4, 0.5) is 0 Å². The van der Waals surface area contributed by atoms with Gasteiger partial charge in [-0.05, 0) is 50.3 Å². The zero-order valence-electron chi connectivity index (χ0n) is 10.1. The Kier molecular flexibility index (Phi) is 2.80. The standard InChI is InChI=1S/C14H18ClNO/c1-9(13-7-11(15)3-5-14(13)17)16-8-10-2-4-12(16)6-10/h3,5,7,9-10,12,17H,2,4,6,8H2,1H3. The Balaban J connectivity index is 1.86. The summed E-state index contributed by atoms with van der Waals surface area (Å²) in [6.07, 6.45) is 4.04. The summed E-state index contributed by atoms with van der Waals surface area (Å²) in [6.45, 7) is 3.35. The zero-order chi connectivity index (χ0) is 12.0. The van der Waals surface area contributed by atoms with Crippen molar-refractivity contribution in [3.8, 4) is 5.75 Å². The number of hydrogen-bond acceptors (Lipinski definition) is 2. The van der Waals surface area contributed by atoms with Crippen LogP contribution in [0.25, 0.3) is 0 Å². The summed E-state index contributed by atoms with van der Waals surface area (Å²) in [7, 11) is 0. The Morgan fingerprint density at radius 3 is 2.88 bits per heavy atom. The lowest BCUT2D eigenvalue weighted by Crippen LogP contribution is -2.34. The third-order valence-corrected chi connectivity index (χ3v) is 4.62. The Hall–Kier alpha value is -0.730. The fourth-order valence-corrected chi connectivity index (χ4v) is 3.66. The molecule has 0 radical (unpaired) electrons. The van der Waals surface area contributed by atoms with Crippen LogP contribution in [0.1, 0.15) is 37.8 Å². The van der Waals surface area contributed by atoms with Crippen molar-refractivity contribution >= 4 is 11.6 Å². The SMILES string of the molecule is CC(c1cc(Cl)ccc1O)N1CC2CCC1C2. The van der Waals surface area contributed by atoms with Crippen molar-refractivity contribution in [2.45, 2.75) is 38.3 Å². The minimum Gasteiger partial charge on any atom is -0.508 e. The Morgan fingerprint density at radius 1 is 1.41 bits per heavy atom. The van der Waals surface area contributed by atoms with Gasteiger partial charge in [0, 0.05) is 29.2 Å². The van der Waals surface area contributed by atoms with Gasteiger partial charge in [-0.15, -0.1) is 0 Å². The van der Waals surface area contributed by atoms with E-state index in [0.717, 1.165) is 11.5 Å². The van der Waals surface area contributed by atoms with Crippen molar-refractivity contribution in [2.24, 2.45) is 5.92 Å². The number of likely N-dealkylation sites (tertiary alicyclic amines) is 1. The van der Waals surface area contributed by atoms with Gasteiger partial charge < -0.3 is 5.11 Å². The van der Waals surface area contributed by atoms with Crippen molar-refractivity contribution in [3.05, 3.63) is 28.8 Å². The molecule has 0 spiro atoms. The van der Waals surface area contributed by atoms with E-state index in [1.807, 2.05) is 6.07 Å². The average Bonchev–Trinajstić information content (AvgIpc) is 2.93. The highest BCUT2D eigenvalue weighted by Gasteiger charge is 2.40. The molecular formula is C14H18ClNO. The topological polar surface area (TPSA) is 23.5 Å². The van der Waals surface area contributed by atoms with Gasteiger partial charge in [0.1, 0.15) is 5.75 Å². The number of fused-ring (bicyclic) bond motifs is 2. The Labute approximate surface area is 107 Å². The number of piperidine rings is 1. The number of aromatic hydroxyl groups is 1. The molecule has 3 heteroatoms. The predicted octanol–water partition coefficient (Wildman–Crippen LogP) is 3.59. The maximum Gasteiger partial charge on any atom is 0.120 e. The van der Waals surface area contributed by atoms with Gasteiger partial charge in [0.2, 0.25) is 0 Å². The van der Waals surface area contributed by atoms with Crippen molar-refractivity contribution in [3.63, 3.8) is 0 Å². The molecule has 2 fully saturated rings. The second kappa shape index (κ2) is 4.18. The number of benzene rings is 1. The molecule has 2 bridgehead atoms. The molecule has 1 saturated heterocycles. The quantitative estimate of drug-likeness (QED) is 0.868. The highest BCUT2D eigenvalue weighted by Crippen LogP contribution is 2.43. The maximum atomic E-state index is 9.95. The summed E-state index contributed by atoms with van der Waals surface area (Å²) in [5.74, 6) is 1.24. The molecule has 1 aliphatic carbocycles. The molecule has 3 atom stereocenters. The van der Waals surface area contributed by atoms with E-state index in [-0.39, 0.29) is 6.04 Å². The number of phenols is 1. The lowest BCUT2D eigenvalue weighted by atomic mass is 10.0. The first kappa shape index (κ1) is 11.4. The molecule has 2 nitrogen and oxygen atoms in total. The highest BCUT2D eigenvalue weighted by molar-refractivity contribution is 6.30. The van der Waals surface area contributed by atoms with Crippen molar-refractivity contribution in [1.29, 1.82) is 0 Å². The smallest absolute Gasteiger partial charge is 0.120 e. The molecule has 0 amide bonds.